The zero-order valence-electron chi connectivity index (χ0n) is 16.9. The van der Waals surface area contributed by atoms with Crippen molar-refractivity contribution < 1.29 is 27.2 Å². The van der Waals surface area contributed by atoms with Crippen LogP contribution in [0.25, 0.3) is 11.4 Å². The molecule has 0 spiro atoms. The molecular weight excluding hydrogens is 413 g/mol. The number of methoxy groups -OCH3 is 1. The van der Waals surface area contributed by atoms with E-state index in [0.29, 0.717) is 18.0 Å². The molecule has 1 amide bonds. The molecule has 1 heterocycles. The second kappa shape index (κ2) is 9.61. The Hall–Kier alpha value is -3.40. The number of anilines is 1. The van der Waals surface area contributed by atoms with Gasteiger partial charge < -0.3 is 14.6 Å². The van der Waals surface area contributed by atoms with Gasteiger partial charge in [-0.15, -0.1) is 0 Å². The lowest BCUT2D eigenvalue weighted by molar-refractivity contribution is -0.137. The number of amides is 1. The highest BCUT2D eigenvalue weighted by Crippen LogP contribution is 2.31. The highest BCUT2D eigenvalue weighted by atomic mass is 19.4. The van der Waals surface area contributed by atoms with E-state index in [9.17, 15) is 18.0 Å². The summed E-state index contributed by atoms with van der Waals surface area (Å²) in [6.07, 6.45) is -4.46. The van der Waals surface area contributed by atoms with Crippen molar-refractivity contribution in [3.8, 4) is 17.1 Å². The largest absolute Gasteiger partial charge is 0.497 e. The maximum absolute atomic E-state index is 12.9. The van der Waals surface area contributed by atoms with E-state index < -0.39 is 11.7 Å². The van der Waals surface area contributed by atoms with E-state index in [1.807, 2.05) is 6.92 Å². The normalized spacial score (nSPS) is 11.5. The van der Waals surface area contributed by atoms with E-state index in [1.54, 1.807) is 36.3 Å². The van der Waals surface area contributed by atoms with E-state index in [-0.39, 0.29) is 36.3 Å². The Balaban J connectivity index is 1.62. The van der Waals surface area contributed by atoms with E-state index in [0.717, 1.165) is 12.1 Å². The minimum absolute atomic E-state index is 0.0554. The van der Waals surface area contributed by atoms with Gasteiger partial charge in [0.1, 0.15) is 5.75 Å². The molecule has 7 nitrogen and oxygen atoms in total. The van der Waals surface area contributed by atoms with Gasteiger partial charge in [-0.05, 0) is 42.9 Å². The summed E-state index contributed by atoms with van der Waals surface area (Å²) in [6, 6.07) is 11.6. The predicted octanol–water partition coefficient (Wildman–Crippen LogP) is 4.22. The van der Waals surface area contributed by atoms with Crippen molar-refractivity contribution in [1.29, 1.82) is 0 Å². The minimum Gasteiger partial charge on any atom is -0.497 e. The predicted molar refractivity (Wildman–Crippen MR) is 107 cm³/mol. The van der Waals surface area contributed by atoms with Gasteiger partial charge in [-0.3, -0.25) is 9.69 Å². The van der Waals surface area contributed by atoms with Crippen LogP contribution in [0.5, 0.6) is 5.75 Å². The van der Waals surface area contributed by atoms with Gasteiger partial charge in [0.05, 0.1) is 25.8 Å². The Kier molecular flexibility index (Phi) is 6.91. The summed E-state index contributed by atoms with van der Waals surface area (Å²) in [6.45, 7) is 2.64. The summed E-state index contributed by atoms with van der Waals surface area (Å²) in [4.78, 5) is 18.3. The molecule has 2 aromatic carbocycles. The molecule has 3 rings (SSSR count). The van der Waals surface area contributed by atoms with Crippen molar-refractivity contribution in [2.24, 2.45) is 0 Å². The van der Waals surface area contributed by atoms with Crippen LogP contribution in [0.3, 0.4) is 0 Å². The fourth-order valence-corrected chi connectivity index (χ4v) is 2.82. The number of likely N-dealkylation sites (N-methyl/N-ethyl adjacent to an activating group) is 1. The van der Waals surface area contributed by atoms with Crippen LogP contribution in [-0.2, 0) is 17.5 Å². The van der Waals surface area contributed by atoms with Crippen molar-refractivity contribution in [3.05, 3.63) is 60.0 Å². The molecule has 0 aliphatic rings. The zero-order valence-corrected chi connectivity index (χ0v) is 16.9. The van der Waals surface area contributed by atoms with Crippen LogP contribution in [0.4, 0.5) is 18.9 Å². The Labute approximate surface area is 176 Å². The fourth-order valence-electron chi connectivity index (χ4n) is 2.82. The van der Waals surface area contributed by atoms with E-state index in [4.69, 9.17) is 9.26 Å². The SMILES string of the molecule is CCN(CC(=O)Nc1ccc(OC)cc1)Cc1nc(-c2cccc(C(F)(F)F)c2)no1. The number of ether oxygens (including phenoxy) is 1. The number of alkyl halides is 3. The monoisotopic (exact) mass is 434 g/mol. The summed E-state index contributed by atoms with van der Waals surface area (Å²) in [5, 5.41) is 6.55. The summed E-state index contributed by atoms with van der Waals surface area (Å²) >= 11 is 0. The summed E-state index contributed by atoms with van der Waals surface area (Å²) in [5.74, 6) is 0.706. The van der Waals surface area contributed by atoms with Crippen LogP contribution >= 0.6 is 0 Å². The van der Waals surface area contributed by atoms with Gasteiger partial charge in [0.2, 0.25) is 17.6 Å². The third-order valence-electron chi connectivity index (χ3n) is 4.46. The van der Waals surface area contributed by atoms with Gasteiger partial charge in [0.15, 0.2) is 0 Å². The standard InChI is InChI=1S/C21H21F3N4O3/c1-3-28(12-18(29)25-16-7-9-17(30-2)10-8-16)13-19-26-20(27-31-19)14-5-4-6-15(11-14)21(22,23)24/h4-11H,3,12-13H2,1-2H3,(H,25,29). The second-order valence-corrected chi connectivity index (χ2v) is 6.67. The first-order valence-electron chi connectivity index (χ1n) is 9.45. The van der Waals surface area contributed by atoms with Gasteiger partial charge >= 0.3 is 6.18 Å². The molecule has 164 valence electrons. The lowest BCUT2D eigenvalue weighted by Gasteiger charge is -2.17. The van der Waals surface area contributed by atoms with E-state index in [1.165, 1.54) is 12.1 Å². The highest BCUT2D eigenvalue weighted by molar-refractivity contribution is 5.92. The van der Waals surface area contributed by atoms with Crippen molar-refractivity contribution in [1.82, 2.24) is 15.0 Å². The number of carbonyl (C=O) groups is 1. The number of aromatic nitrogens is 2. The topological polar surface area (TPSA) is 80.5 Å². The molecule has 0 atom stereocenters. The summed E-state index contributed by atoms with van der Waals surface area (Å²) in [7, 11) is 1.56. The van der Waals surface area contributed by atoms with Crippen LogP contribution < -0.4 is 10.1 Å². The number of nitrogens with zero attached hydrogens (tertiary/aromatic N) is 3. The Morgan fingerprint density at radius 3 is 2.58 bits per heavy atom. The van der Waals surface area contributed by atoms with E-state index >= 15 is 0 Å². The number of halogens is 3. The fraction of sp³-hybridized carbons (Fsp3) is 0.286. The molecule has 0 bridgehead atoms. The van der Waals surface area contributed by atoms with Crippen LogP contribution in [0.2, 0.25) is 0 Å². The molecule has 31 heavy (non-hydrogen) atoms. The van der Waals surface area contributed by atoms with Crippen molar-refractivity contribution in [2.75, 3.05) is 25.5 Å². The van der Waals surface area contributed by atoms with Gasteiger partial charge in [-0.2, -0.15) is 18.2 Å². The van der Waals surface area contributed by atoms with Gasteiger partial charge in [0, 0.05) is 11.3 Å². The lowest BCUT2D eigenvalue weighted by Crippen LogP contribution is -2.32. The van der Waals surface area contributed by atoms with Gasteiger partial charge in [0.25, 0.3) is 0 Å². The molecular formula is C21H21F3N4O3. The number of hydrogen-bond acceptors (Lipinski definition) is 6. The first kappa shape index (κ1) is 22.3. The maximum atomic E-state index is 12.9. The number of nitrogens with one attached hydrogen (secondary N) is 1. The molecule has 0 saturated heterocycles. The Bertz CT molecular complexity index is 1020. The molecule has 0 fully saturated rings. The molecule has 0 unspecified atom stereocenters. The molecule has 0 radical (unpaired) electrons. The van der Waals surface area contributed by atoms with Crippen molar-refractivity contribution in [3.63, 3.8) is 0 Å². The van der Waals surface area contributed by atoms with Gasteiger partial charge in [-0.1, -0.05) is 24.2 Å². The third-order valence-corrected chi connectivity index (χ3v) is 4.46. The average Bonchev–Trinajstić information content (AvgIpc) is 3.22. The van der Waals surface area contributed by atoms with Crippen molar-refractivity contribution >= 4 is 11.6 Å². The molecule has 1 N–H and O–H groups in total. The number of carbonyl (C=O) groups excluding carboxylic acids is 1. The lowest BCUT2D eigenvalue weighted by atomic mass is 10.1. The molecule has 0 saturated carbocycles. The molecule has 3 aromatic rings. The molecule has 10 heteroatoms. The quantitative estimate of drug-likeness (QED) is 0.572. The Morgan fingerprint density at radius 1 is 1.19 bits per heavy atom. The number of rotatable bonds is 8. The maximum Gasteiger partial charge on any atom is 0.416 e. The van der Waals surface area contributed by atoms with Crippen LogP contribution in [0, 0.1) is 0 Å². The first-order chi connectivity index (χ1) is 14.8. The number of benzene rings is 2. The van der Waals surface area contributed by atoms with Crippen molar-refractivity contribution in [2.45, 2.75) is 19.6 Å². The first-order valence-corrected chi connectivity index (χ1v) is 9.45. The summed E-state index contributed by atoms with van der Waals surface area (Å²) < 4.78 is 49.0. The van der Waals surface area contributed by atoms with Crippen LogP contribution in [-0.4, -0.2) is 41.1 Å². The molecule has 0 aliphatic carbocycles. The number of hydrogen-bond donors (Lipinski definition) is 1. The minimum atomic E-state index is -4.46. The zero-order chi connectivity index (χ0) is 22.4. The van der Waals surface area contributed by atoms with E-state index in [2.05, 4.69) is 15.5 Å². The molecule has 1 aromatic heterocycles. The van der Waals surface area contributed by atoms with Gasteiger partial charge in [-0.25, -0.2) is 0 Å². The average molecular weight is 434 g/mol. The van der Waals surface area contributed by atoms with Crippen LogP contribution in [0.1, 0.15) is 18.4 Å². The molecule has 0 aliphatic heterocycles. The second-order valence-electron chi connectivity index (χ2n) is 6.67. The smallest absolute Gasteiger partial charge is 0.416 e. The summed E-state index contributed by atoms with van der Waals surface area (Å²) in [5.41, 5.74) is 0.0401. The van der Waals surface area contributed by atoms with Crippen LogP contribution in [0.15, 0.2) is 53.1 Å². The Morgan fingerprint density at radius 2 is 1.94 bits per heavy atom. The highest BCUT2D eigenvalue weighted by Gasteiger charge is 2.30. The third kappa shape index (κ3) is 6.05.